The van der Waals surface area contributed by atoms with Crippen molar-refractivity contribution in [1.29, 1.82) is 0 Å². The summed E-state index contributed by atoms with van der Waals surface area (Å²) in [4.78, 5) is 12.2. The van der Waals surface area contributed by atoms with Crippen LogP contribution < -0.4 is 10.6 Å². The van der Waals surface area contributed by atoms with E-state index < -0.39 is 5.82 Å². The minimum atomic E-state index is -0.413. The summed E-state index contributed by atoms with van der Waals surface area (Å²) in [6.45, 7) is 2.12. The first kappa shape index (κ1) is 13.6. The summed E-state index contributed by atoms with van der Waals surface area (Å²) in [6, 6.07) is 11.9. The molecule has 1 aliphatic rings. The van der Waals surface area contributed by atoms with Crippen LogP contribution in [-0.2, 0) is 6.42 Å². The molecule has 1 unspecified atom stereocenters. The summed E-state index contributed by atoms with van der Waals surface area (Å²) in [6.07, 6.45) is 2.07. The normalized spacial score (nSPS) is 16.8. The molecule has 3 rings (SSSR count). The Kier molecular flexibility index (Phi) is 3.60. The zero-order chi connectivity index (χ0) is 14.8. The standard InChI is InChI=1S/C17H17FN2O/c1-11-8-9-12-4-3-7-15(16(12)19-11)20-17(21)13-5-2-6-14(18)10-13/h2-7,10-11,19H,8-9H2,1H3,(H,20,21). The Morgan fingerprint density at radius 3 is 2.90 bits per heavy atom. The van der Waals surface area contributed by atoms with Gasteiger partial charge in [-0.05, 0) is 49.6 Å². The molecule has 1 amide bonds. The first-order valence-electron chi connectivity index (χ1n) is 7.09. The Morgan fingerprint density at radius 1 is 1.29 bits per heavy atom. The minimum Gasteiger partial charge on any atom is -0.381 e. The van der Waals surface area contributed by atoms with Crippen molar-refractivity contribution in [2.75, 3.05) is 10.6 Å². The van der Waals surface area contributed by atoms with Crippen molar-refractivity contribution < 1.29 is 9.18 Å². The van der Waals surface area contributed by atoms with E-state index >= 15 is 0 Å². The van der Waals surface area contributed by atoms with Gasteiger partial charge in [0.15, 0.2) is 0 Å². The molecular formula is C17H17FN2O. The van der Waals surface area contributed by atoms with E-state index in [-0.39, 0.29) is 5.91 Å². The predicted octanol–water partition coefficient (Wildman–Crippen LogP) is 3.82. The van der Waals surface area contributed by atoms with Crippen molar-refractivity contribution in [2.24, 2.45) is 0 Å². The van der Waals surface area contributed by atoms with E-state index in [0.717, 1.165) is 24.2 Å². The Bertz CT molecular complexity index is 684. The average Bonchev–Trinajstić information content (AvgIpc) is 2.48. The second-order valence-corrected chi connectivity index (χ2v) is 5.39. The van der Waals surface area contributed by atoms with Gasteiger partial charge in [0.05, 0.1) is 11.4 Å². The number of carbonyl (C=O) groups excluding carboxylic acids is 1. The van der Waals surface area contributed by atoms with Crippen molar-refractivity contribution in [3.8, 4) is 0 Å². The first-order valence-corrected chi connectivity index (χ1v) is 7.09. The largest absolute Gasteiger partial charge is 0.381 e. The molecule has 2 aromatic rings. The van der Waals surface area contributed by atoms with Crippen LogP contribution in [-0.4, -0.2) is 11.9 Å². The van der Waals surface area contributed by atoms with E-state index in [4.69, 9.17) is 0 Å². The summed E-state index contributed by atoms with van der Waals surface area (Å²) in [5.74, 6) is -0.715. The Morgan fingerprint density at radius 2 is 2.10 bits per heavy atom. The molecule has 21 heavy (non-hydrogen) atoms. The molecule has 0 spiro atoms. The van der Waals surface area contributed by atoms with Crippen LogP contribution in [0.2, 0.25) is 0 Å². The fourth-order valence-corrected chi connectivity index (χ4v) is 2.60. The van der Waals surface area contributed by atoms with Crippen LogP contribution in [0, 0.1) is 5.82 Å². The second kappa shape index (κ2) is 5.56. The third-order valence-electron chi connectivity index (χ3n) is 3.72. The summed E-state index contributed by atoms with van der Waals surface area (Å²) in [5, 5.41) is 6.27. The van der Waals surface area contributed by atoms with Gasteiger partial charge in [0.2, 0.25) is 0 Å². The maximum absolute atomic E-state index is 13.2. The quantitative estimate of drug-likeness (QED) is 0.880. The lowest BCUT2D eigenvalue weighted by Gasteiger charge is -2.26. The topological polar surface area (TPSA) is 41.1 Å². The molecule has 0 saturated carbocycles. The molecule has 0 saturated heterocycles. The van der Waals surface area contributed by atoms with Crippen LogP contribution in [0.1, 0.15) is 29.3 Å². The van der Waals surface area contributed by atoms with E-state index in [2.05, 4.69) is 23.6 Å². The molecule has 0 fully saturated rings. The zero-order valence-electron chi connectivity index (χ0n) is 11.8. The van der Waals surface area contributed by atoms with Crippen molar-refractivity contribution in [1.82, 2.24) is 0 Å². The van der Waals surface area contributed by atoms with Crippen LogP contribution in [0.15, 0.2) is 42.5 Å². The lowest BCUT2D eigenvalue weighted by atomic mass is 9.98. The number of amides is 1. The number of hydrogen-bond acceptors (Lipinski definition) is 2. The van der Waals surface area contributed by atoms with Crippen molar-refractivity contribution in [3.63, 3.8) is 0 Å². The number of para-hydroxylation sites is 1. The lowest BCUT2D eigenvalue weighted by molar-refractivity contribution is 0.102. The monoisotopic (exact) mass is 284 g/mol. The number of rotatable bonds is 2. The number of anilines is 2. The number of nitrogens with one attached hydrogen (secondary N) is 2. The van der Waals surface area contributed by atoms with E-state index in [1.807, 2.05) is 12.1 Å². The Balaban J connectivity index is 1.87. The number of carbonyl (C=O) groups is 1. The van der Waals surface area contributed by atoms with E-state index in [0.29, 0.717) is 11.6 Å². The van der Waals surface area contributed by atoms with Gasteiger partial charge in [-0.15, -0.1) is 0 Å². The zero-order valence-corrected chi connectivity index (χ0v) is 11.8. The molecule has 3 nitrogen and oxygen atoms in total. The molecule has 0 aliphatic carbocycles. The maximum atomic E-state index is 13.2. The molecule has 4 heteroatoms. The summed E-state index contributed by atoms with van der Waals surface area (Å²) in [7, 11) is 0. The molecule has 0 aromatic heterocycles. The van der Waals surface area contributed by atoms with Crippen LogP contribution >= 0.6 is 0 Å². The predicted molar refractivity (Wildman–Crippen MR) is 82.2 cm³/mol. The maximum Gasteiger partial charge on any atom is 0.255 e. The van der Waals surface area contributed by atoms with Crippen LogP contribution in [0.3, 0.4) is 0 Å². The molecule has 2 N–H and O–H groups in total. The fraction of sp³-hybridized carbons (Fsp3) is 0.235. The second-order valence-electron chi connectivity index (χ2n) is 5.39. The van der Waals surface area contributed by atoms with Crippen molar-refractivity contribution in [3.05, 3.63) is 59.4 Å². The third kappa shape index (κ3) is 2.89. The number of hydrogen-bond donors (Lipinski definition) is 2. The van der Waals surface area contributed by atoms with E-state index in [1.54, 1.807) is 6.07 Å². The molecule has 1 atom stereocenters. The molecule has 1 heterocycles. The van der Waals surface area contributed by atoms with E-state index in [1.165, 1.54) is 23.8 Å². The van der Waals surface area contributed by atoms with Gasteiger partial charge >= 0.3 is 0 Å². The lowest BCUT2D eigenvalue weighted by Crippen LogP contribution is -2.24. The smallest absolute Gasteiger partial charge is 0.255 e. The van der Waals surface area contributed by atoms with E-state index in [9.17, 15) is 9.18 Å². The van der Waals surface area contributed by atoms with Crippen LogP contribution in [0.25, 0.3) is 0 Å². The molecule has 0 radical (unpaired) electrons. The molecule has 108 valence electrons. The molecule has 0 bridgehead atoms. The summed E-state index contributed by atoms with van der Waals surface area (Å²) in [5.41, 5.74) is 3.23. The van der Waals surface area contributed by atoms with Gasteiger partial charge in [-0.2, -0.15) is 0 Å². The van der Waals surface area contributed by atoms with Crippen molar-refractivity contribution >= 4 is 17.3 Å². The Labute approximate surface area is 123 Å². The highest BCUT2D eigenvalue weighted by atomic mass is 19.1. The van der Waals surface area contributed by atoms with Gasteiger partial charge in [0.25, 0.3) is 5.91 Å². The number of aryl methyl sites for hydroxylation is 1. The summed E-state index contributed by atoms with van der Waals surface area (Å²) < 4.78 is 13.2. The highest BCUT2D eigenvalue weighted by Gasteiger charge is 2.18. The van der Waals surface area contributed by atoms with Gasteiger partial charge in [-0.25, -0.2) is 4.39 Å². The van der Waals surface area contributed by atoms with Crippen LogP contribution in [0.4, 0.5) is 15.8 Å². The van der Waals surface area contributed by atoms with Crippen molar-refractivity contribution in [2.45, 2.75) is 25.8 Å². The van der Waals surface area contributed by atoms with Gasteiger partial charge in [-0.3, -0.25) is 4.79 Å². The number of halogens is 1. The molecule has 2 aromatic carbocycles. The van der Waals surface area contributed by atoms with Gasteiger partial charge in [-0.1, -0.05) is 18.2 Å². The summed E-state index contributed by atoms with van der Waals surface area (Å²) >= 11 is 0. The minimum absolute atomic E-state index is 0.303. The average molecular weight is 284 g/mol. The van der Waals surface area contributed by atoms with Crippen LogP contribution in [0.5, 0.6) is 0 Å². The van der Waals surface area contributed by atoms with Gasteiger partial charge in [0, 0.05) is 11.6 Å². The molecular weight excluding hydrogens is 267 g/mol. The molecule has 1 aliphatic heterocycles. The highest BCUT2D eigenvalue weighted by molar-refractivity contribution is 6.06. The van der Waals surface area contributed by atoms with Gasteiger partial charge in [0.1, 0.15) is 5.82 Å². The number of benzene rings is 2. The fourth-order valence-electron chi connectivity index (χ4n) is 2.60. The SMILES string of the molecule is CC1CCc2cccc(NC(=O)c3cccc(F)c3)c2N1. The number of fused-ring (bicyclic) bond motifs is 1. The highest BCUT2D eigenvalue weighted by Crippen LogP contribution is 2.32. The van der Waals surface area contributed by atoms with Gasteiger partial charge < -0.3 is 10.6 Å². The first-order chi connectivity index (χ1) is 10.1. The third-order valence-corrected chi connectivity index (χ3v) is 3.72. The Hall–Kier alpha value is -2.36.